The van der Waals surface area contributed by atoms with Gasteiger partial charge < -0.3 is 14.6 Å². The molecule has 2 atom stereocenters. The van der Waals surface area contributed by atoms with Gasteiger partial charge in [-0.1, -0.05) is 24.4 Å². The van der Waals surface area contributed by atoms with Crippen LogP contribution in [0.3, 0.4) is 0 Å². The molecule has 0 amide bonds. The molecule has 2 fully saturated rings. The van der Waals surface area contributed by atoms with Gasteiger partial charge in [0.15, 0.2) is 0 Å². The van der Waals surface area contributed by atoms with E-state index in [1.807, 2.05) is 7.05 Å². The van der Waals surface area contributed by atoms with Crippen LogP contribution in [-0.4, -0.2) is 30.3 Å². The topological polar surface area (TPSA) is 54.2 Å². The van der Waals surface area contributed by atoms with Crippen molar-refractivity contribution in [3.63, 3.8) is 0 Å². The van der Waals surface area contributed by atoms with E-state index in [2.05, 4.69) is 20.4 Å². The number of aromatic nitrogens is 2. The van der Waals surface area contributed by atoms with Crippen molar-refractivity contribution in [1.82, 2.24) is 15.5 Å². The highest BCUT2D eigenvalue weighted by Crippen LogP contribution is 2.37. The predicted octanol–water partition coefficient (Wildman–Crippen LogP) is 1.81. The molecule has 1 aromatic rings. The van der Waals surface area contributed by atoms with Gasteiger partial charge in [0, 0.05) is 13.1 Å². The molecule has 1 aliphatic heterocycles. The summed E-state index contributed by atoms with van der Waals surface area (Å²) in [4.78, 5) is 2.28. The van der Waals surface area contributed by atoms with Crippen LogP contribution in [0.4, 0.5) is 6.01 Å². The Hall–Kier alpha value is -1.10. The van der Waals surface area contributed by atoms with E-state index in [1.165, 1.54) is 32.1 Å². The maximum absolute atomic E-state index is 5.68. The molecule has 0 aromatic carbocycles. The van der Waals surface area contributed by atoms with Gasteiger partial charge in [-0.3, -0.25) is 0 Å². The van der Waals surface area contributed by atoms with Crippen molar-refractivity contribution in [3.05, 3.63) is 5.89 Å². The molecule has 2 heterocycles. The van der Waals surface area contributed by atoms with Crippen molar-refractivity contribution in [1.29, 1.82) is 0 Å². The summed E-state index contributed by atoms with van der Waals surface area (Å²) in [5.74, 6) is 2.46. The third-order valence-corrected chi connectivity index (χ3v) is 4.35. The molecule has 1 saturated carbocycles. The monoisotopic (exact) mass is 250 g/mol. The van der Waals surface area contributed by atoms with Crippen LogP contribution in [0.1, 0.15) is 38.0 Å². The van der Waals surface area contributed by atoms with Gasteiger partial charge in [0.2, 0.25) is 5.89 Å². The number of fused-ring (bicyclic) bond motifs is 1. The Kier molecular flexibility index (Phi) is 3.50. The van der Waals surface area contributed by atoms with Crippen molar-refractivity contribution in [2.45, 2.75) is 38.6 Å². The summed E-state index contributed by atoms with van der Waals surface area (Å²) in [7, 11) is 1.89. The largest absolute Gasteiger partial charge is 0.407 e. The second-order valence-corrected chi connectivity index (χ2v) is 5.55. The van der Waals surface area contributed by atoms with E-state index in [0.29, 0.717) is 18.5 Å². The minimum atomic E-state index is 0.646. The molecule has 18 heavy (non-hydrogen) atoms. The van der Waals surface area contributed by atoms with Crippen LogP contribution in [0.5, 0.6) is 0 Å². The van der Waals surface area contributed by atoms with E-state index in [4.69, 9.17) is 4.42 Å². The molecular weight excluding hydrogens is 228 g/mol. The highest BCUT2D eigenvalue weighted by molar-refractivity contribution is 5.25. The highest BCUT2D eigenvalue weighted by atomic mass is 16.4. The zero-order valence-corrected chi connectivity index (χ0v) is 11.1. The number of anilines is 1. The van der Waals surface area contributed by atoms with Gasteiger partial charge in [0.1, 0.15) is 0 Å². The first-order valence-electron chi connectivity index (χ1n) is 7.08. The summed E-state index contributed by atoms with van der Waals surface area (Å²) in [6.07, 6.45) is 6.90. The molecule has 5 nitrogen and oxygen atoms in total. The fourth-order valence-corrected chi connectivity index (χ4v) is 3.37. The number of hydrogen-bond acceptors (Lipinski definition) is 5. The molecule has 1 N–H and O–H groups in total. The lowest BCUT2D eigenvalue weighted by molar-refractivity contribution is 0.198. The molecular formula is C13H22N4O. The van der Waals surface area contributed by atoms with E-state index < -0.39 is 0 Å². The standard InChI is InChI=1S/C13H22N4O/c1-14-8-12-15-16-13(18-12)17-7-6-10-4-2-3-5-11(10)9-17/h10-11,14H,2-9H2,1H3/t10-,11-/m0/s1. The van der Waals surface area contributed by atoms with Crippen LogP contribution >= 0.6 is 0 Å². The Morgan fingerprint density at radius 2 is 2.06 bits per heavy atom. The van der Waals surface area contributed by atoms with Crippen molar-refractivity contribution < 1.29 is 4.42 Å². The first kappa shape index (κ1) is 12.0. The minimum absolute atomic E-state index is 0.646. The highest BCUT2D eigenvalue weighted by Gasteiger charge is 2.32. The fourth-order valence-electron chi connectivity index (χ4n) is 3.37. The number of nitrogens with zero attached hydrogens (tertiary/aromatic N) is 3. The molecule has 0 unspecified atom stereocenters. The first-order valence-corrected chi connectivity index (χ1v) is 7.08. The first-order chi connectivity index (χ1) is 8.86. The van der Waals surface area contributed by atoms with E-state index >= 15 is 0 Å². The Labute approximate surface area is 108 Å². The van der Waals surface area contributed by atoms with Crippen molar-refractivity contribution >= 4 is 6.01 Å². The maximum atomic E-state index is 5.68. The Morgan fingerprint density at radius 3 is 2.89 bits per heavy atom. The summed E-state index contributed by atoms with van der Waals surface area (Å²) in [6.45, 7) is 2.82. The number of hydrogen-bond donors (Lipinski definition) is 1. The fraction of sp³-hybridized carbons (Fsp3) is 0.846. The van der Waals surface area contributed by atoms with Gasteiger partial charge in [-0.2, -0.15) is 0 Å². The lowest BCUT2D eigenvalue weighted by Gasteiger charge is -2.40. The molecule has 1 aliphatic carbocycles. The summed E-state index contributed by atoms with van der Waals surface area (Å²) in [5.41, 5.74) is 0. The van der Waals surface area contributed by atoms with Crippen LogP contribution in [0.2, 0.25) is 0 Å². The Morgan fingerprint density at radius 1 is 1.22 bits per heavy atom. The van der Waals surface area contributed by atoms with Gasteiger partial charge in [-0.25, -0.2) is 0 Å². The zero-order chi connectivity index (χ0) is 12.4. The molecule has 0 radical (unpaired) electrons. The molecule has 1 aromatic heterocycles. The van der Waals surface area contributed by atoms with Gasteiger partial charge in [0.05, 0.1) is 6.54 Å². The van der Waals surface area contributed by atoms with E-state index in [-0.39, 0.29) is 0 Å². The van der Waals surface area contributed by atoms with Gasteiger partial charge in [0.25, 0.3) is 0 Å². The van der Waals surface area contributed by atoms with E-state index in [9.17, 15) is 0 Å². The van der Waals surface area contributed by atoms with Crippen LogP contribution in [0, 0.1) is 11.8 Å². The average Bonchev–Trinajstić information content (AvgIpc) is 2.87. The van der Waals surface area contributed by atoms with Crippen LogP contribution in [-0.2, 0) is 6.54 Å². The zero-order valence-electron chi connectivity index (χ0n) is 11.1. The van der Waals surface area contributed by atoms with Crippen molar-refractivity contribution in [2.24, 2.45) is 11.8 Å². The minimum Gasteiger partial charge on any atom is -0.407 e. The molecule has 0 spiro atoms. The molecule has 2 aliphatic rings. The van der Waals surface area contributed by atoms with Gasteiger partial charge >= 0.3 is 6.01 Å². The molecule has 3 rings (SSSR count). The van der Waals surface area contributed by atoms with Crippen molar-refractivity contribution in [2.75, 3.05) is 25.0 Å². The number of nitrogens with one attached hydrogen (secondary N) is 1. The van der Waals surface area contributed by atoms with Crippen LogP contribution in [0.15, 0.2) is 4.42 Å². The van der Waals surface area contributed by atoms with Gasteiger partial charge in [-0.15, -0.1) is 5.10 Å². The lowest BCUT2D eigenvalue weighted by Crippen LogP contribution is -2.42. The summed E-state index contributed by atoms with van der Waals surface area (Å²) in [6, 6.07) is 0.712. The van der Waals surface area contributed by atoms with Crippen molar-refractivity contribution in [3.8, 4) is 0 Å². The summed E-state index contributed by atoms with van der Waals surface area (Å²) in [5, 5.41) is 11.3. The third-order valence-electron chi connectivity index (χ3n) is 4.35. The van der Waals surface area contributed by atoms with Crippen LogP contribution in [0.25, 0.3) is 0 Å². The van der Waals surface area contributed by atoms with E-state index in [1.54, 1.807) is 0 Å². The predicted molar refractivity (Wildman–Crippen MR) is 69.3 cm³/mol. The molecule has 1 saturated heterocycles. The Bertz CT molecular complexity index is 392. The Balaban J connectivity index is 1.65. The maximum Gasteiger partial charge on any atom is 0.318 e. The SMILES string of the molecule is CNCc1nnc(N2CC[C@@H]3CCCC[C@H]3C2)o1. The molecule has 0 bridgehead atoms. The lowest BCUT2D eigenvalue weighted by atomic mass is 9.75. The number of piperidine rings is 1. The quantitative estimate of drug-likeness (QED) is 0.886. The normalized spacial score (nSPS) is 28.2. The second-order valence-electron chi connectivity index (χ2n) is 5.55. The van der Waals surface area contributed by atoms with Crippen LogP contribution < -0.4 is 10.2 Å². The molecule has 100 valence electrons. The third kappa shape index (κ3) is 2.36. The smallest absolute Gasteiger partial charge is 0.318 e. The number of rotatable bonds is 3. The second kappa shape index (κ2) is 5.26. The van der Waals surface area contributed by atoms with E-state index in [0.717, 1.165) is 24.9 Å². The van der Waals surface area contributed by atoms with Gasteiger partial charge in [-0.05, 0) is 31.7 Å². The summed E-state index contributed by atoms with van der Waals surface area (Å²) < 4.78 is 5.68. The average molecular weight is 250 g/mol. The summed E-state index contributed by atoms with van der Waals surface area (Å²) >= 11 is 0. The molecule has 5 heteroatoms.